The Morgan fingerprint density at radius 1 is 1.13 bits per heavy atom. The first-order valence-corrected chi connectivity index (χ1v) is 7.34. The summed E-state index contributed by atoms with van der Waals surface area (Å²) in [5.74, 6) is 0.360. The summed E-state index contributed by atoms with van der Waals surface area (Å²) in [6.07, 6.45) is 0. The Morgan fingerprint density at radius 2 is 1.73 bits per heavy atom. The molecule has 0 radical (unpaired) electrons. The molecular weight excluding hydrogens is 252 g/mol. The van der Waals surface area contributed by atoms with Gasteiger partial charge >= 0.3 is 94.3 Å². The predicted octanol–water partition coefficient (Wildman–Crippen LogP) is 0.963. The van der Waals surface area contributed by atoms with Crippen LogP contribution in [-0.4, -0.2) is 10.5 Å². The van der Waals surface area contributed by atoms with Gasteiger partial charge in [-0.3, -0.25) is 0 Å². The quantitative estimate of drug-likeness (QED) is 0.765. The van der Waals surface area contributed by atoms with E-state index in [-0.39, 0.29) is 10.5 Å². The molecule has 4 nitrogen and oxygen atoms in total. The third-order valence-corrected chi connectivity index (χ3v) is 5.32. The third-order valence-electron chi connectivity index (χ3n) is 2.40. The van der Waals surface area contributed by atoms with Crippen LogP contribution in [0.1, 0.15) is 16.7 Å². The Bertz CT molecular complexity index is 467. The Morgan fingerprint density at radius 3 is 2.27 bits per heavy atom. The number of hydrogen-bond donors (Lipinski definition) is 0. The van der Waals surface area contributed by atoms with Crippen LogP contribution in [-0.2, 0) is 24.7 Å². The molecule has 15 heavy (non-hydrogen) atoms. The fraction of sp³-hybridized carbons (Fsp3) is 0.333. The molecule has 0 atom stereocenters. The van der Waals surface area contributed by atoms with E-state index in [9.17, 15) is 7.61 Å². The molecule has 0 N–H and O–H groups in total. The van der Waals surface area contributed by atoms with Gasteiger partial charge in [0.25, 0.3) is 0 Å². The number of hydrogen-bond acceptors (Lipinski definition) is 4. The summed E-state index contributed by atoms with van der Waals surface area (Å²) in [6, 6.07) is 3.48. The van der Waals surface area contributed by atoms with E-state index in [2.05, 4.69) is 3.48 Å². The average molecular weight is 266 g/mol. The van der Waals surface area contributed by atoms with Crippen molar-refractivity contribution in [3.63, 3.8) is 0 Å². The first-order valence-electron chi connectivity index (χ1n) is 4.44. The van der Waals surface area contributed by atoms with E-state index >= 15 is 0 Å². The molecule has 6 heteroatoms. The molecule has 0 fully saturated rings. The molecule has 0 saturated heterocycles. The van der Waals surface area contributed by atoms with Crippen LogP contribution >= 0.6 is 0 Å². The summed E-state index contributed by atoms with van der Waals surface area (Å²) in [4.78, 5) is 0. The summed E-state index contributed by atoms with van der Waals surface area (Å²) in [5, 5.41) is 0. The predicted molar refractivity (Wildman–Crippen MR) is 53.7 cm³/mol. The maximum atomic E-state index is 11.2. The van der Waals surface area contributed by atoms with E-state index in [0.29, 0.717) is 5.75 Å². The molecule has 1 aromatic rings. The van der Waals surface area contributed by atoms with Gasteiger partial charge in [0.2, 0.25) is 0 Å². The van der Waals surface area contributed by atoms with E-state index in [1.807, 2.05) is 26.8 Å². The summed E-state index contributed by atoms with van der Waals surface area (Å²) in [6.45, 7) is 5.73. The topological polar surface area (TPSA) is 52.6 Å². The third kappa shape index (κ3) is 2.89. The van der Waals surface area contributed by atoms with Gasteiger partial charge < -0.3 is 0 Å². The number of benzene rings is 1. The van der Waals surface area contributed by atoms with E-state index in [1.54, 1.807) is 6.07 Å². The number of aryl methyl sites for hydroxylation is 1. The normalized spacial score (nSPS) is 11.7. The van der Waals surface area contributed by atoms with Gasteiger partial charge in [-0.05, 0) is 0 Å². The zero-order valence-electron chi connectivity index (χ0n) is 9.20. The maximum absolute atomic E-state index is 11.2. The fourth-order valence-electron chi connectivity index (χ4n) is 1.17. The summed E-state index contributed by atoms with van der Waals surface area (Å²) >= 11 is -4.60. The van der Waals surface area contributed by atoms with Crippen LogP contribution < -0.4 is 3.79 Å². The van der Waals surface area contributed by atoms with Crippen molar-refractivity contribution in [2.75, 3.05) is 0 Å². The van der Waals surface area contributed by atoms with Gasteiger partial charge in [0.15, 0.2) is 0 Å². The molecule has 0 unspecified atom stereocenters. The molecule has 0 aromatic heterocycles. The zero-order chi connectivity index (χ0) is 11.6. The molecule has 1 rings (SSSR count). The molecule has 0 heterocycles. The van der Waals surface area contributed by atoms with Gasteiger partial charge in [-0.15, -0.1) is 0 Å². The van der Waals surface area contributed by atoms with Crippen molar-refractivity contribution in [2.24, 2.45) is 0 Å². The van der Waals surface area contributed by atoms with Crippen molar-refractivity contribution >= 4 is 10.5 Å². The molecule has 0 saturated carbocycles. The van der Waals surface area contributed by atoms with Gasteiger partial charge in [0.1, 0.15) is 0 Å². The Hall–Kier alpha value is -0.671. The minimum atomic E-state index is -4.60. The standard InChI is InChI=1S/C9H12O.Cr.H3OSi.2O/c1-6-4-5-9(10)8(3)7(6)2;;1-2;;/h4-5,10H,1-3H3;;2H3;;/q;+2;-1;;/p-1. The van der Waals surface area contributed by atoms with Crippen molar-refractivity contribution < 1.29 is 28.5 Å². The number of rotatable bonds is 3. The van der Waals surface area contributed by atoms with E-state index in [1.165, 1.54) is 0 Å². The monoisotopic (exact) mass is 266 g/mol. The van der Waals surface area contributed by atoms with Gasteiger partial charge in [0, 0.05) is 0 Å². The fourth-order valence-corrected chi connectivity index (χ4v) is 2.18. The molecule has 0 aliphatic carbocycles. The molecule has 0 amide bonds. The second-order valence-electron chi connectivity index (χ2n) is 3.29. The van der Waals surface area contributed by atoms with Gasteiger partial charge in [-0.2, -0.15) is 0 Å². The van der Waals surface area contributed by atoms with Crippen LogP contribution in [0.4, 0.5) is 0 Å². The van der Waals surface area contributed by atoms with Crippen molar-refractivity contribution in [2.45, 2.75) is 20.8 Å². The first-order chi connectivity index (χ1) is 6.87. The van der Waals surface area contributed by atoms with Crippen LogP contribution in [0.15, 0.2) is 12.1 Å². The summed E-state index contributed by atoms with van der Waals surface area (Å²) < 4.78 is 31.7. The van der Waals surface area contributed by atoms with Crippen molar-refractivity contribution in [3.05, 3.63) is 28.8 Å². The van der Waals surface area contributed by atoms with E-state index in [4.69, 9.17) is 3.79 Å². The molecule has 0 bridgehead atoms. The zero-order valence-corrected chi connectivity index (χ0v) is 12.5. The molecular formula is C9H14CrO4Si. The van der Waals surface area contributed by atoms with E-state index < -0.39 is 13.6 Å². The molecule has 0 aliphatic rings. The van der Waals surface area contributed by atoms with Gasteiger partial charge in [-0.25, -0.2) is 0 Å². The van der Waals surface area contributed by atoms with E-state index in [0.717, 1.165) is 16.7 Å². The molecule has 84 valence electrons. The van der Waals surface area contributed by atoms with Crippen molar-refractivity contribution in [1.82, 2.24) is 0 Å². The SMILES string of the molecule is Cc1ccc([O][Cr](=[O])(=[O])[O][SiH3])c(C)c1C. The van der Waals surface area contributed by atoms with Crippen molar-refractivity contribution in [3.8, 4) is 5.75 Å². The Balaban J connectivity index is 3.13. The molecule has 0 aliphatic heterocycles. The second-order valence-corrected chi connectivity index (χ2v) is 6.72. The summed E-state index contributed by atoms with van der Waals surface area (Å²) in [7, 11) is 0.122. The minimum absolute atomic E-state index is 0.122. The van der Waals surface area contributed by atoms with Gasteiger partial charge in [-0.1, -0.05) is 0 Å². The van der Waals surface area contributed by atoms with Crippen molar-refractivity contribution in [1.29, 1.82) is 0 Å². The Labute approximate surface area is 94.5 Å². The Kier molecular flexibility index (Phi) is 3.68. The average Bonchev–Trinajstić information content (AvgIpc) is 2.19. The van der Waals surface area contributed by atoms with Crippen LogP contribution in [0.3, 0.4) is 0 Å². The molecule has 1 aromatic carbocycles. The summed E-state index contributed by atoms with van der Waals surface area (Å²) in [5.41, 5.74) is 2.98. The van der Waals surface area contributed by atoms with Crippen LogP contribution in [0.25, 0.3) is 0 Å². The van der Waals surface area contributed by atoms with Crippen LogP contribution in [0.5, 0.6) is 5.75 Å². The van der Waals surface area contributed by atoms with Crippen LogP contribution in [0, 0.1) is 20.8 Å². The second kappa shape index (κ2) is 4.45. The first kappa shape index (κ1) is 12.4. The molecule has 0 spiro atoms. The van der Waals surface area contributed by atoms with Gasteiger partial charge in [0.05, 0.1) is 0 Å². The van der Waals surface area contributed by atoms with Crippen LogP contribution in [0.2, 0.25) is 0 Å².